The number of carbonyl (C=O) groups is 2. The molecule has 3 aromatic rings. The van der Waals surface area contributed by atoms with Gasteiger partial charge in [0.25, 0.3) is 0 Å². The van der Waals surface area contributed by atoms with Crippen LogP contribution in [-0.4, -0.2) is 21.8 Å². The van der Waals surface area contributed by atoms with E-state index in [9.17, 15) is 9.59 Å². The Hall–Kier alpha value is -3.24. The highest BCUT2D eigenvalue weighted by atomic mass is 35.5. The van der Waals surface area contributed by atoms with Crippen LogP contribution in [0.5, 0.6) is 0 Å². The average molecular weight is 431 g/mol. The Morgan fingerprint density at radius 1 is 1.03 bits per heavy atom. The minimum Gasteiger partial charge on any atom is -0.295 e. The van der Waals surface area contributed by atoms with Crippen LogP contribution < -0.4 is 0 Å². The van der Waals surface area contributed by atoms with Crippen molar-refractivity contribution in [3.05, 3.63) is 87.1 Å². The smallest absolute Gasteiger partial charge is 0.197 e. The number of aryl methyl sites for hydroxylation is 2. The molecule has 0 aliphatic heterocycles. The van der Waals surface area contributed by atoms with E-state index in [1.54, 1.807) is 18.2 Å². The molecule has 0 spiro atoms. The number of carbonyl (C=O) groups excluding carboxylic acids is 2. The lowest BCUT2D eigenvalue weighted by molar-refractivity contribution is 0.0990. The summed E-state index contributed by atoms with van der Waals surface area (Å²) in [7, 11) is 0. The largest absolute Gasteiger partial charge is 0.295 e. The average Bonchev–Trinajstić information content (AvgIpc) is 3.16. The molecule has 2 aromatic carbocycles. The zero-order valence-corrected chi connectivity index (χ0v) is 18.7. The molecule has 0 unspecified atom stereocenters. The first-order valence-corrected chi connectivity index (χ1v) is 10.6. The van der Waals surface area contributed by atoms with Crippen molar-refractivity contribution >= 4 is 40.8 Å². The predicted molar refractivity (Wildman–Crippen MR) is 126 cm³/mol. The van der Waals surface area contributed by atoms with Crippen LogP contribution in [0.4, 0.5) is 5.82 Å². The molecule has 1 aliphatic carbocycles. The summed E-state index contributed by atoms with van der Waals surface area (Å²) in [6.45, 7) is 7.83. The van der Waals surface area contributed by atoms with Gasteiger partial charge >= 0.3 is 0 Å². The summed E-state index contributed by atoms with van der Waals surface area (Å²) < 4.78 is 1.98. The van der Waals surface area contributed by atoms with Gasteiger partial charge in [-0.1, -0.05) is 36.7 Å². The molecule has 4 rings (SSSR count). The molecule has 5 heteroatoms. The van der Waals surface area contributed by atoms with Crippen molar-refractivity contribution in [1.82, 2.24) is 4.57 Å². The molecule has 0 amide bonds. The van der Waals surface area contributed by atoms with Crippen LogP contribution in [0.2, 0.25) is 5.02 Å². The van der Waals surface area contributed by atoms with Gasteiger partial charge in [-0.2, -0.15) is 0 Å². The first-order valence-electron chi connectivity index (χ1n) is 10.2. The summed E-state index contributed by atoms with van der Waals surface area (Å²) >= 11 is 6.30. The number of ketones is 2. The molecule has 0 saturated carbocycles. The quantitative estimate of drug-likeness (QED) is 0.267. The number of aliphatic imine (C=N–C) groups is 1. The number of allylic oxidation sites excluding steroid dienone is 1. The second-order valence-corrected chi connectivity index (χ2v) is 8.27. The van der Waals surface area contributed by atoms with E-state index in [0.717, 1.165) is 34.0 Å². The molecule has 0 fully saturated rings. The van der Waals surface area contributed by atoms with Gasteiger partial charge in [0, 0.05) is 33.2 Å². The first kappa shape index (κ1) is 21.0. The van der Waals surface area contributed by atoms with Gasteiger partial charge in [0.2, 0.25) is 0 Å². The minimum atomic E-state index is -0.292. The number of hydrogen-bond donors (Lipinski definition) is 0. The SMILES string of the molecule is CCc1cc2c(cc1Cl)C(=O)/C(=C\c1cc(C)c(N=C(C)C)n1-c1ccccc1)C2=O. The van der Waals surface area contributed by atoms with Crippen LogP contribution in [0.15, 0.2) is 59.1 Å². The normalized spacial score (nSPS) is 14.3. The maximum absolute atomic E-state index is 13.1. The van der Waals surface area contributed by atoms with E-state index in [4.69, 9.17) is 16.6 Å². The number of Topliss-reactive ketones (excluding diaryl/α,β-unsaturated/α-hetero) is 2. The van der Waals surface area contributed by atoms with E-state index >= 15 is 0 Å². The van der Waals surface area contributed by atoms with E-state index in [1.165, 1.54) is 0 Å². The van der Waals surface area contributed by atoms with Gasteiger partial charge in [0.15, 0.2) is 11.6 Å². The number of rotatable bonds is 4. The van der Waals surface area contributed by atoms with Crippen molar-refractivity contribution < 1.29 is 9.59 Å². The van der Waals surface area contributed by atoms with E-state index in [2.05, 4.69) is 0 Å². The van der Waals surface area contributed by atoms with Gasteiger partial charge in [-0.3, -0.25) is 14.2 Å². The van der Waals surface area contributed by atoms with Gasteiger partial charge < -0.3 is 0 Å². The molecule has 0 bridgehead atoms. The Kier molecular flexibility index (Phi) is 5.50. The number of para-hydroxylation sites is 1. The fraction of sp³-hybridized carbons (Fsp3) is 0.192. The topological polar surface area (TPSA) is 51.4 Å². The fourth-order valence-corrected chi connectivity index (χ4v) is 4.19. The number of halogens is 1. The Morgan fingerprint density at radius 3 is 2.29 bits per heavy atom. The third-order valence-corrected chi connectivity index (χ3v) is 5.72. The highest BCUT2D eigenvalue weighted by Crippen LogP contribution is 2.35. The number of fused-ring (bicyclic) bond motifs is 1. The Morgan fingerprint density at radius 2 is 1.68 bits per heavy atom. The number of aromatic nitrogens is 1. The Balaban J connectivity index is 1.91. The maximum atomic E-state index is 13.1. The van der Waals surface area contributed by atoms with Crippen molar-refractivity contribution in [1.29, 1.82) is 0 Å². The van der Waals surface area contributed by atoms with Crippen molar-refractivity contribution in [2.24, 2.45) is 4.99 Å². The summed E-state index contributed by atoms with van der Waals surface area (Å²) in [6, 6.07) is 15.1. The van der Waals surface area contributed by atoms with E-state index < -0.39 is 0 Å². The van der Waals surface area contributed by atoms with Crippen LogP contribution in [0.3, 0.4) is 0 Å². The van der Waals surface area contributed by atoms with Crippen LogP contribution >= 0.6 is 11.6 Å². The second-order valence-electron chi connectivity index (χ2n) is 7.86. The number of nitrogens with zero attached hydrogens (tertiary/aromatic N) is 2. The summed E-state index contributed by atoms with van der Waals surface area (Å²) in [6.07, 6.45) is 2.37. The Labute approximate surface area is 186 Å². The van der Waals surface area contributed by atoms with Crippen LogP contribution in [0.25, 0.3) is 11.8 Å². The molecule has 0 radical (unpaired) electrons. The molecular weight excluding hydrogens is 408 g/mol. The molecule has 1 aliphatic rings. The molecule has 4 nitrogen and oxygen atoms in total. The maximum Gasteiger partial charge on any atom is 0.197 e. The summed E-state index contributed by atoms with van der Waals surface area (Å²) in [5.41, 5.74) is 5.33. The van der Waals surface area contributed by atoms with Crippen molar-refractivity contribution in [2.75, 3.05) is 0 Å². The lowest BCUT2D eigenvalue weighted by atomic mass is 10.0. The number of benzene rings is 2. The Bertz CT molecular complexity index is 1280. The first-order chi connectivity index (χ1) is 14.8. The third kappa shape index (κ3) is 3.68. The monoisotopic (exact) mass is 430 g/mol. The molecule has 1 aromatic heterocycles. The van der Waals surface area contributed by atoms with Gasteiger partial charge in [0.1, 0.15) is 5.82 Å². The van der Waals surface area contributed by atoms with Crippen LogP contribution in [0.1, 0.15) is 58.3 Å². The molecule has 31 heavy (non-hydrogen) atoms. The standard InChI is InChI=1S/C26H23ClN2O2/c1-5-17-12-20-21(14-23(17)27)25(31)22(24(20)30)13-19-11-16(4)26(28-15(2)3)29(19)18-9-7-6-8-10-18/h6-14H,5H2,1-4H3/b22-13-. The van der Waals surface area contributed by atoms with Crippen molar-refractivity contribution in [3.63, 3.8) is 0 Å². The predicted octanol–water partition coefficient (Wildman–Crippen LogP) is 6.58. The van der Waals surface area contributed by atoms with Crippen LogP contribution in [0, 0.1) is 6.92 Å². The third-order valence-electron chi connectivity index (χ3n) is 5.37. The molecular formula is C26H23ClN2O2. The molecule has 0 saturated heterocycles. The van der Waals surface area contributed by atoms with Gasteiger partial charge in [0.05, 0.1) is 5.57 Å². The zero-order chi connectivity index (χ0) is 22.3. The second kappa shape index (κ2) is 8.12. The van der Waals surface area contributed by atoms with Crippen LogP contribution in [-0.2, 0) is 6.42 Å². The zero-order valence-electron chi connectivity index (χ0n) is 18.0. The highest BCUT2D eigenvalue weighted by molar-refractivity contribution is 6.42. The van der Waals surface area contributed by atoms with E-state index in [1.807, 2.05) is 68.7 Å². The highest BCUT2D eigenvalue weighted by Gasteiger charge is 2.34. The lowest BCUT2D eigenvalue weighted by Gasteiger charge is -2.10. The fourth-order valence-electron chi connectivity index (χ4n) is 3.89. The molecule has 0 atom stereocenters. The number of hydrogen-bond acceptors (Lipinski definition) is 3. The molecule has 0 N–H and O–H groups in total. The van der Waals surface area contributed by atoms with Gasteiger partial charge in [-0.05, 0) is 74.7 Å². The van der Waals surface area contributed by atoms with Gasteiger partial charge in [-0.15, -0.1) is 0 Å². The van der Waals surface area contributed by atoms with E-state index in [0.29, 0.717) is 22.6 Å². The van der Waals surface area contributed by atoms with E-state index in [-0.39, 0.29) is 17.1 Å². The van der Waals surface area contributed by atoms with Gasteiger partial charge in [-0.25, -0.2) is 4.99 Å². The summed E-state index contributed by atoms with van der Waals surface area (Å²) in [5, 5.41) is 0.516. The summed E-state index contributed by atoms with van der Waals surface area (Å²) in [4.78, 5) is 30.9. The lowest BCUT2D eigenvalue weighted by Crippen LogP contribution is -2.03. The van der Waals surface area contributed by atoms with Crippen molar-refractivity contribution in [3.8, 4) is 5.69 Å². The molecule has 156 valence electrons. The minimum absolute atomic E-state index is 0.151. The molecule has 1 heterocycles. The van der Waals surface area contributed by atoms with Crippen molar-refractivity contribution in [2.45, 2.75) is 34.1 Å². The summed E-state index contributed by atoms with van der Waals surface area (Å²) in [5.74, 6) is 0.228.